The molecule has 0 radical (unpaired) electrons. The van der Waals surface area contributed by atoms with Crippen LogP contribution in [0.3, 0.4) is 0 Å². The van der Waals surface area contributed by atoms with Crippen molar-refractivity contribution in [1.82, 2.24) is 0 Å². The Labute approximate surface area is 320 Å². The van der Waals surface area contributed by atoms with Crippen molar-refractivity contribution in [2.45, 2.75) is 126 Å². The van der Waals surface area contributed by atoms with E-state index in [1.54, 1.807) is 20.8 Å². The molecule has 14 atom stereocenters. The molecule has 0 aromatic heterocycles. The molecule has 0 amide bonds. The number of aliphatic carboxylic acids is 3. The molecule has 0 unspecified atom stereocenters. The number of carbonyl (C=O) groups is 6. The maximum atomic E-state index is 13.3. The second-order valence-corrected chi connectivity index (χ2v) is 17.2. The first-order valence-corrected chi connectivity index (χ1v) is 18.7. The quantitative estimate of drug-likeness (QED) is 0.0391. The number of ketones is 1. The van der Waals surface area contributed by atoms with Gasteiger partial charge >= 0.3 is 29.8 Å². The minimum Gasteiger partial charge on any atom is -0.480 e. The van der Waals surface area contributed by atoms with E-state index >= 15 is 0 Å². The smallest absolute Gasteiger partial charge is 0.380 e. The van der Waals surface area contributed by atoms with Gasteiger partial charge in [-0.2, -0.15) is 0 Å². The number of esters is 2. The number of ether oxygens (including phenoxy) is 5. The number of carbonyl (C=O) groups excluding carboxylic acids is 3. The molecule has 2 heterocycles. The van der Waals surface area contributed by atoms with Gasteiger partial charge in [0.1, 0.15) is 12.2 Å². The highest BCUT2D eigenvalue weighted by atomic mass is 16.8. The predicted molar refractivity (Wildman–Crippen MR) is 181 cm³/mol. The maximum absolute atomic E-state index is 13.3. The summed E-state index contributed by atoms with van der Waals surface area (Å²) in [6.07, 6.45) is -12.6. The summed E-state index contributed by atoms with van der Waals surface area (Å²) in [6.45, 7) is 6.49. The third kappa shape index (κ3) is 5.99. The van der Waals surface area contributed by atoms with Crippen molar-refractivity contribution in [2.24, 2.45) is 39.9 Å². The van der Waals surface area contributed by atoms with E-state index in [0.29, 0.717) is 31.3 Å². The molecular formula is C37H50O19. The van der Waals surface area contributed by atoms with Gasteiger partial charge < -0.3 is 64.5 Å². The molecule has 2 bridgehead atoms. The van der Waals surface area contributed by atoms with Crippen LogP contribution in [0.25, 0.3) is 0 Å². The van der Waals surface area contributed by atoms with Crippen LogP contribution in [0.15, 0.2) is 12.2 Å². The first-order chi connectivity index (χ1) is 26.1. The van der Waals surface area contributed by atoms with Gasteiger partial charge in [0.2, 0.25) is 17.5 Å². The number of cyclic esters (lactones) is 1. The summed E-state index contributed by atoms with van der Waals surface area (Å²) in [6, 6.07) is 0. The molecule has 6 fully saturated rings. The van der Waals surface area contributed by atoms with Gasteiger partial charge in [0, 0.05) is 18.3 Å². The van der Waals surface area contributed by atoms with Gasteiger partial charge in [0.05, 0.1) is 25.4 Å². The van der Waals surface area contributed by atoms with Crippen LogP contribution in [0.1, 0.15) is 72.1 Å². The van der Waals surface area contributed by atoms with Crippen molar-refractivity contribution in [1.29, 1.82) is 0 Å². The van der Waals surface area contributed by atoms with Crippen molar-refractivity contribution in [3.8, 4) is 0 Å². The van der Waals surface area contributed by atoms with Crippen molar-refractivity contribution >= 4 is 35.6 Å². The van der Waals surface area contributed by atoms with Crippen molar-refractivity contribution < 1.29 is 93.3 Å². The zero-order chi connectivity index (χ0) is 41.5. The van der Waals surface area contributed by atoms with Crippen LogP contribution in [-0.2, 0) is 52.5 Å². The van der Waals surface area contributed by atoms with Crippen LogP contribution in [0.5, 0.6) is 0 Å². The average molecular weight is 799 g/mol. The molecule has 312 valence electrons. The van der Waals surface area contributed by atoms with E-state index in [0.717, 1.165) is 0 Å². The first kappa shape index (κ1) is 42.1. The van der Waals surface area contributed by atoms with E-state index in [4.69, 9.17) is 23.7 Å². The minimum absolute atomic E-state index is 0.0381. The molecule has 2 saturated heterocycles. The molecule has 2 aliphatic heterocycles. The van der Waals surface area contributed by atoms with Gasteiger partial charge in [-0.1, -0.05) is 27.4 Å². The summed E-state index contributed by atoms with van der Waals surface area (Å²) >= 11 is 0. The van der Waals surface area contributed by atoms with Crippen molar-refractivity contribution in [3.63, 3.8) is 0 Å². The van der Waals surface area contributed by atoms with Crippen LogP contribution in [0.2, 0.25) is 0 Å². The molecule has 0 aromatic carbocycles. The largest absolute Gasteiger partial charge is 0.480 e. The fourth-order valence-corrected chi connectivity index (χ4v) is 11.2. The highest BCUT2D eigenvalue weighted by Crippen LogP contribution is 2.72. The second-order valence-electron chi connectivity index (χ2n) is 17.2. The van der Waals surface area contributed by atoms with Crippen molar-refractivity contribution in [3.05, 3.63) is 12.2 Å². The van der Waals surface area contributed by atoms with Crippen LogP contribution in [-0.4, -0.2) is 144 Å². The van der Waals surface area contributed by atoms with E-state index in [2.05, 4.69) is 6.58 Å². The minimum atomic E-state index is -3.52. The van der Waals surface area contributed by atoms with E-state index in [9.17, 15) is 69.6 Å². The summed E-state index contributed by atoms with van der Waals surface area (Å²) in [4.78, 5) is 77.3. The summed E-state index contributed by atoms with van der Waals surface area (Å²) < 4.78 is 27.9. The van der Waals surface area contributed by atoms with Gasteiger partial charge in [-0.05, 0) is 73.2 Å². The van der Waals surface area contributed by atoms with E-state index in [1.165, 1.54) is 0 Å². The predicted octanol–water partition coefficient (Wildman–Crippen LogP) is -0.878. The monoisotopic (exact) mass is 798 g/mol. The average Bonchev–Trinajstić information content (AvgIpc) is 3.44. The standard InChI is InChI=1S/C37H50O19/c1-15(2)9-22(40)54-26-28(53-19(13-38)25(37(26,51)31(48)49)55-32-36(50,14-39)24(42)27(43)56-32)52-18-11-33(4)20-6-5-17-10-34(20,23(41)16(17)3)8-7-21(33)35(12-18,29(44)45)30(46)47/h15,17-21,23,25-26,28,32,38-39,41,50-51H,3,5-14H2,1-2,4H3,(H,44,45)(H,46,47)(H,48,49)/t17-,18+,19-,20+,21+,23-,25-,26+,28-,32+,33+,34-,36-,37-/m1/s1. The molecule has 56 heavy (non-hydrogen) atoms. The molecule has 4 aliphatic carbocycles. The van der Waals surface area contributed by atoms with Gasteiger partial charge in [0.25, 0.3) is 5.78 Å². The maximum Gasteiger partial charge on any atom is 0.380 e. The summed E-state index contributed by atoms with van der Waals surface area (Å²) in [5.74, 6) is -11.6. The molecular weight excluding hydrogens is 748 g/mol. The van der Waals surface area contributed by atoms with Gasteiger partial charge in [0.15, 0.2) is 17.8 Å². The zero-order valence-electron chi connectivity index (χ0n) is 31.2. The Kier molecular flexibility index (Phi) is 10.8. The Morgan fingerprint density at radius 2 is 1.57 bits per heavy atom. The molecule has 4 saturated carbocycles. The van der Waals surface area contributed by atoms with E-state index < -0.39 is 138 Å². The highest BCUT2D eigenvalue weighted by Gasteiger charge is 2.73. The number of rotatable bonds is 12. The fraction of sp³-hybridized carbons (Fsp3) is 0.784. The normalized spacial score (nSPS) is 44.1. The number of aliphatic hydroxyl groups is 5. The molecule has 6 rings (SSSR count). The lowest BCUT2D eigenvalue weighted by molar-refractivity contribution is -0.365. The SMILES string of the molecule is C=C1[C@@H]2CC[C@H]3[C@]4(C)C[C@H](O[C@@H]5O[C@H](CO)[C@@H](O[C@H]6OC(=O)C(=O)[C@]6(O)CO)[C@](O)(C(=O)O)[C@H]5OC(=O)CC(C)C)CC(C(=O)O)(C(=O)O)[C@H]4CC[C@]3(C2)[C@@H]1O. The number of fused-ring (bicyclic) bond motifs is 3. The van der Waals surface area contributed by atoms with E-state index in [-0.39, 0.29) is 31.1 Å². The lowest BCUT2D eigenvalue weighted by Crippen LogP contribution is -2.74. The van der Waals surface area contributed by atoms with Crippen molar-refractivity contribution in [2.75, 3.05) is 13.2 Å². The molecule has 1 spiro atoms. The number of carboxylic acid groups (broad SMARTS) is 3. The van der Waals surface area contributed by atoms with Gasteiger partial charge in [-0.15, -0.1) is 0 Å². The number of Topliss-reactive ketones (excluding diaryl/α,β-unsaturated/α-hetero) is 1. The lowest BCUT2D eigenvalue weighted by atomic mass is 9.40. The number of carboxylic acids is 3. The third-order valence-electron chi connectivity index (χ3n) is 13.7. The summed E-state index contributed by atoms with van der Waals surface area (Å²) in [7, 11) is 0. The van der Waals surface area contributed by atoms with Gasteiger partial charge in [-0.3, -0.25) is 19.2 Å². The Hall–Kier alpha value is -3.56. The fourth-order valence-electron chi connectivity index (χ4n) is 11.2. The summed E-state index contributed by atoms with van der Waals surface area (Å²) in [5, 5.41) is 86.8. The summed E-state index contributed by atoms with van der Waals surface area (Å²) in [5.41, 5.74) is -10.2. The topological polar surface area (TPSA) is 310 Å². The number of aliphatic hydroxyl groups excluding tert-OH is 3. The van der Waals surface area contributed by atoms with Crippen LogP contribution in [0, 0.1) is 39.9 Å². The number of hydrogen-bond acceptors (Lipinski definition) is 16. The van der Waals surface area contributed by atoms with Gasteiger partial charge in [-0.25, -0.2) is 9.59 Å². The molecule has 6 aliphatic rings. The Bertz CT molecular complexity index is 1660. The zero-order valence-corrected chi connectivity index (χ0v) is 31.2. The van der Waals surface area contributed by atoms with Crippen LogP contribution < -0.4 is 0 Å². The molecule has 19 heteroatoms. The second kappa shape index (κ2) is 14.4. The van der Waals surface area contributed by atoms with Crippen LogP contribution in [0.4, 0.5) is 0 Å². The Morgan fingerprint density at radius 1 is 0.911 bits per heavy atom. The molecule has 8 N–H and O–H groups in total. The first-order valence-electron chi connectivity index (χ1n) is 18.7. The highest BCUT2D eigenvalue weighted by molar-refractivity contribution is 6.38. The molecule has 19 nitrogen and oxygen atoms in total. The van der Waals surface area contributed by atoms with E-state index in [1.807, 2.05) is 0 Å². The Balaban J connectivity index is 1.42. The van der Waals surface area contributed by atoms with Crippen LogP contribution >= 0.6 is 0 Å². The lowest BCUT2D eigenvalue weighted by Gasteiger charge is -2.64. The molecule has 0 aromatic rings. The Morgan fingerprint density at radius 3 is 2.14 bits per heavy atom. The third-order valence-corrected chi connectivity index (χ3v) is 13.7. The number of hydrogen-bond donors (Lipinski definition) is 8.